The first-order valence-corrected chi connectivity index (χ1v) is 5.57. The fourth-order valence-corrected chi connectivity index (χ4v) is 2.72. The molecule has 0 bridgehead atoms. The number of aromatic carboxylic acids is 1. The summed E-state index contributed by atoms with van der Waals surface area (Å²) in [7, 11) is 0. The van der Waals surface area contributed by atoms with Crippen LogP contribution in [0.2, 0.25) is 0 Å². The Balaban J connectivity index is 2.74. The second-order valence-corrected chi connectivity index (χ2v) is 4.47. The van der Waals surface area contributed by atoms with Gasteiger partial charge in [0.1, 0.15) is 16.3 Å². The molecule has 1 aromatic carbocycles. The van der Waals surface area contributed by atoms with Gasteiger partial charge >= 0.3 is 5.97 Å². The molecule has 0 fully saturated rings. The van der Waals surface area contributed by atoms with Gasteiger partial charge in [0.25, 0.3) is 0 Å². The Bertz CT molecular complexity index is 617. The average Bonchev–Trinajstić information content (AvgIpc) is 2.56. The fourth-order valence-electron chi connectivity index (χ4n) is 1.56. The Labute approximate surface area is 100 Å². The van der Waals surface area contributed by atoms with Crippen molar-refractivity contribution in [2.45, 2.75) is 6.92 Å². The van der Waals surface area contributed by atoms with Crippen molar-refractivity contribution in [3.63, 3.8) is 0 Å². The molecule has 0 aliphatic heterocycles. The maximum absolute atomic E-state index is 11.2. The zero-order valence-electron chi connectivity index (χ0n) is 8.85. The number of anilines is 1. The number of phenols is 1. The Hall–Kier alpha value is -2.08. The molecule has 88 valence electrons. The van der Waals surface area contributed by atoms with E-state index in [1.54, 1.807) is 12.1 Å². The van der Waals surface area contributed by atoms with Gasteiger partial charge in [-0.05, 0) is 6.07 Å². The van der Waals surface area contributed by atoms with E-state index >= 15 is 0 Å². The Kier molecular flexibility index (Phi) is 2.72. The molecule has 0 radical (unpaired) electrons. The van der Waals surface area contributed by atoms with Gasteiger partial charge in [-0.3, -0.25) is 4.79 Å². The van der Waals surface area contributed by atoms with Crippen molar-refractivity contribution in [2.24, 2.45) is 0 Å². The van der Waals surface area contributed by atoms with Crippen molar-refractivity contribution >= 4 is 38.3 Å². The monoisotopic (exact) mass is 251 g/mol. The smallest absolute Gasteiger partial charge is 0.339 e. The van der Waals surface area contributed by atoms with Crippen molar-refractivity contribution in [3.05, 3.63) is 23.8 Å². The van der Waals surface area contributed by atoms with E-state index in [-0.39, 0.29) is 22.2 Å². The zero-order chi connectivity index (χ0) is 12.6. The van der Waals surface area contributed by atoms with E-state index in [1.165, 1.54) is 13.0 Å². The normalized spacial score (nSPS) is 10.4. The van der Waals surface area contributed by atoms with Gasteiger partial charge in [0, 0.05) is 12.3 Å². The predicted octanol–water partition coefficient (Wildman–Crippen LogP) is 2.26. The molecular weight excluding hydrogens is 242 g/mol. The lowest BCUT2D eigenvalue weighted by Crippen LogP contribution is -2.08. The summed E-state index contributed by atoms with van der Waals surface area (Å²) in [5, 5.41) is 21.9. The van der Waals surface area contributed by atoms with Crippen molar-refractivity contribution in [3.8, 4) is 5.75 Å². The van der Waals surface area contributed by atoms with Gasteiger partial charge in [-0.25, -0.2) is 4.79 Å². The summed E-state index contributed by atoms with van der Waals surface area (Å²) in [6.45, 7) is 1.30. The molecular formula is C11H9NO4S. The minimum absolute atomic E-state index is 0.00611. The number of fused-ring (bicyclic) bond motifs is 1. The lowest BCUT2D eigenvalue weighted by molar-refractivity contribution is -0.114. The third kappa shape index (κ3) is 1.94. The van der Waals surface area contributed by atoms with Crippen LogP contribution in [0.4, 0.5) is 5.00 Å². The summed E-state index contributed by atoms with van der Waals surface area (Å²) in [6, 6.07) is 4.64. The van der Waals surface area contributed by atoms with Crippen LogP contribution in [0, 0.1) is 0 Å². The molecule has 0 aliphatic carbocycles. The number of carbonyl (C=O) groups excluding carboxylic acids is 1. The maximum atomic E-state index is 11.2. The second-order valence-electron chi connectivity index (χ2n) is 3.45. The van der Waals surface area contributed by atoms with Crippen LogP contribution in [0.15, 0.2) is 18.2 Å². The quantitative estimate of drug-likeness (QED) is 0.764. The van der Waals surface area contributed by atoms with E-state index in [1.807, 2.05) is 0 Å². The number of benzene rings is 1. The number of phenolic OH excluding ortho intramolecular Hbond substituents is 1. The highest BCUT2D eigenvalue weighted by molar-refractivity contribution is 7.23. The summed E-state index contributed by atoms with van der Waals surface area (Å²) in [4.78, 5) is 22.2. The van der Waals surface area contributed by atoms with Crippen LogP contribution in [-0.4, -0.2) is 22.1 Å². The van der Waals surface area contributed by atoms with Crippen molar-refractivity contribution in [1.82, 2.24) is 0 Å². The largest absolute Gasteiger partial charge is 0.506 e. The molecule has 6 heteroatoms. The first-order chi connectivity index (χ1) is 8.00. The van der Waals surface area contributed by atoms with Crippen LogP contribution in [0.1, 0.15) is 17.3 Å². The van der Waals surface area contributed by atoms with Gasteiger partial charge in [0.15, 0.2) is 0 Å². The van der Waals surface area contributed by atoms with Crippen molar-refractivity contribution in [2.75, 3.05) is 5.32 Å². The van der Waals surface area contributed by atoms with E-state index in [9.17, 15) is 14.7 Å². The molecule has 2 aromatic rings. The molecule has 0 saturated carbocycles. The van der Waals surface area contributed by atoms with Gasteiger partial charge in [0.2, 0.25) is 5.91 Å². The topological polar surface area (TPSA) is 86.6 Å². The fraction of sp³-hybridized carbons (Fsp3) is 0.0909. The average molecular weight is 251 g/mol. The van der Waals surface area contributed by atoms with Crippen LogP contribution in [0.5, 0.6) is 5.75 Å². The van der Waals surface area contributed by atoms with Crippen molar-refractivity contribution in [1.29, 1.82) is 0 Å². The van der Waals surface area contributed by atoms with Gasteiger partial charge in [-0.1, -0.05) is 12.1 Å². The lowest BCUT2D eigenvalue weighted by Gasteiger charge is -1.99. The number of carbonyl (C=O) groups is 2. The Morgan fingerprint density at radius 1 is 1.35 bits per heavy atom. The van der Waals surface area contributed by atoms with E-state index in [4.69, 9.17) is 5.11 Å². The highest BCUT2D eigenvalue weighted by Gasteiger charge is 2.20. The molecule has 5 nitrogen and oxygen atoms in total. The van der Waals surface area contributed by atoms with E-state index in [0.717, 1.165) is 11.3 Å². The molecule has 0 aliphatic rings. The number of aromatic hydroxyl groups is 1. The lowest BCUT2D eigenvalue weighted by atomic mass is 10.1. The SMILES string of the molecule is CC(=O)Nc1sc2c(O)cccc2c1C(=O)O. The summed E-state index contributed by atoms with van der Waals surface area (Å²) in [6.07, 6.45) is 0. The number of amides is 1. The molecule has 0 unspecified atom stereocenters. The molecule has 1 aromatic heterocycles. The summed E-state index contributed by atoms with van der Waals surface area (Å²) in [5.41, 5.74) is 0.0103. The Morgan fingerprint density at radius 3 is 2.65 bits per heavy atom. The predicted molar refractivity (Wildman–Crippen MR) is 64.8 cm³/mol. The van der Waals surface area contributed by atoms with Gasteiger partial charge < -0.3 is 15.5 Å². The van der Waals surface area contributed by atoms with Crippen LogP contribution in [0.25, 0.3) is 10.1 Å². The third-order valence-electron chi connectivity index (χ3n) is 2.20. The van der Waals surface area contributed by atoms with E-state index < -0.39 is 5.97 Å². The molecule has 0 saturated heterocycles. The highest BCUT2D eigenvalue weighted by atomic mass is 32.1. The molecule has 0 atom stereocenters. The molecule has 3 N–H and O–H groups in total. The molecule has 2 rings (SSSR count). The van der Waals surface area contributed by atoms with E-state index in [2.05, 4.69) is 5.32 Å². The highest BCUT2D eigenvalue weighted by Crippen LogP contribution is 2.40. The summed E-state index contributed by atoms with van der Waals surface area (Å²) in [5.74, 6) is -1.48. The number of rotatable bonds is 2. The molecule has 0 spiro atoms. The van der Waals surface area contributed by atoms with E-state index in [0.29, 0.717) is 10.1 Å². The number of thiophene rings is 1. The van der Waals surface area contributed by atoms with Crippen LogP contribution in [-0.2, 0) is 4.79 Å². The maximum Gasteiger partial charge on any atom is 0.339 e. The number of carboxylic acid groups (broad SMARTS) is 1. The first-order valence-electron chi connectivity index (χ1n) is 4.76. The van der Waals surface area contributed by atoms with Crippen molar-refractivity contribution < 1.29 is 19.8 Å². The van der Waals surface area contributed by atoms with Crippen LogP contribution in [0.3, 0.4) is 0 Å². The standard InChI is InChI=1S/C11H9NO4S/c1-5(13)12-10-8(11(15)16)6-3-2-4-7(14)9(6)17-10/h2-4,14H,1H3,(H,12,13)(H,15,16). The number of hydrogen-bond donors (Lipinski definition) is 3. The third-order valence-corrected chi connectivity index (χ3v) is 3.34. The number of carboxylic acids is 1. The minimum atomic E-state index is -1.13. The molecule has 1 amide bonds. The first kappa shape index (κ1) is 11.4. The minimum Gasteiger partial charge on any atom is -0.506 e. The zero-order valence-corrected chi connectivity index (χ0v) is 9.67. The summed E-state index contributed by atoms with van der Waals surface area (Å²) < 4.78 is 0.452. The Morgan fingerprint density at radius 2 is 2.06 bits per heavy atom. The molecule has 17 heavy (non-hydrogen) atoms. The van der Waals surface area contributed by atoms with Gasteiger partial charge in [0.05, 0.1) is 4.70 Å². The van der Waals surface area contributed by atoms with Crippen LogP contribution >= 0.6 is 11.3 Å². The molecule has 1 heterocycles. The van der Waals surface area contributed by atoms with Crippen LogP contribution < -0.4 is 5.32 Å². The van der Waals surface area contributed by atoms with Gasteiger partial charge in [-0.2, -0.15) is 0 Å². The van der Waals surface area contributed by atoms with Gasteiger partial charge in [-0.15, -0.1) is 11.3 Å². The second kappa shape index (κ2) is 4.06. The number of nitrogens with one attached hydrogen (secondary N) is 1. The summed E-state index contributed by atoms with van der Waals surface area (Å²) >= 11 is 1.04. The number of hydrogen-bond acceptors (Lipinski definition) is 4.